The van der Waals surface area contributed by atoms with Gasteiger partial charge >= 0.3 is 0 Å². The molecule has 0 heterocycles. The minimum absolute atomic E-state index is 0.0665. The first-order chi connectivity index (χ1) is 13.8. The number of benzene rings is 3. The molecule has 0 aliphatic carbocycles. The van der Waals surface area contributed by atoms with Gasteiger partial charge in [-0.15, -0.1) is 0 Å². The predicted octanol–water partition coefficient (Wildman–Crippen LogP) is 7.66. The molecule has 3 aromatic rings. The summed E-state index contributed by atoms with van der Waals surface area (Å²) in [5.41, 5.74) is 8.64. The van der Waals surface area contributed by atoms with Gasteiger partial charge in [0.1, 0.15) is 0 Å². The molecule has 0 amide bonds. The highest BCUT2D eigenvalue weighted by atomic mass is 14.9. The Morgan fingerprint density at radius 1 is 0.690 bits per heavy atom. The van der Waals surface area contributed by atoms with Gasteiger partial charge in [-0.25, -0.2) is 0 Å². The van der Waals surface area contributed by atoms with Crippen LogP contribution in [0.15, 0.2) is 84.9 Å². The number of anilines is 1. The third kappa shape index (κ3) is 6.22. The zero-order valence-electron chi connectivity index (χ0n) is 18.2. The van der Waals surface area contributed by atoms with E-state index in [4.69, 9.17) is 0 Å². The lowest BCUT2D eigenvalue weighted by molar-refractivity contribution is 0.634. The summed E-state index contributed by atoms with van der Waals surface area (Å²) >= 11 is 0. The van der Waals surface area contributed by atoms with Gasteiger partial charge in [-0.3, -0.25) is 0 Å². The minimum Gasteiger partial charge on any atom is -0.380 e. The van der Waals surface area contributed by atoms with Gasteiger partial charge in [0, 0.05) is 11.2 Å². The summed E-state index contributed by atoms with van der Waals surface area (Å²) in [7, 11) is 0. The monoisotopic (exact) mass is 381 g/mol. The van der Waals surface area contributed by atoms with Crippen molar-refractivity contribution in [2.45, 2.75) is 40.2 Å². The molecule has 1 heteroatoms. The minimum atomic E-state index is 0.0665. The highest BCUT2D eigenvalue weighted by Gasteiger charge is 2.08. The van der Waals surface area contributed by atoms with Gasteiger partial charge in [0.25, 0.3) is 0 Å². The first-order valence-electron chi connectivity index (χ1n) is 10.2. The van der Waals surface area contributed by atoms with E-state index >= 15 is 0 Å². The molecule has 0 unspecified atom stereocenters. The topological polar surface area (TPSA) is 12.0 Å². The van der Waals surface area contributed by atoms with Crippen molar-refractivity contribution in [3.05, 3.63) is 113 Å². The van der Waals surface area contributed by atoms with Crippen LogP contribution in [-0.4, -0.2) is 5.54 Å². The van der Waals surface area contributed by atoms with Crippen LogP contribution in [0.5, 0.6) is 0 Å². The van der Waals surface area contributed by atoms with Crippen LogP contribution in [0.2, 0.25) is 0 Å². The second-order valence-electron chi connectivity index (χ2n) is 8.67. The fraction of sp³-hybridized carbons (Fsp3) is 0.214. The molecule has 0 saturated carbocycles. The van der Waals surface area contributed by atoms with Crippen molar-refractivity contribution in [1.29, 1.82) is 0 Å². The summed E-state index contributed by atoms with van der Waals surface area (Å²) in [5, 5.41) is 3.50. The zero-order valence-corrected chi connectivity index (χ0v) is 18.2. The lowest BCUT2D eigenvalue weighted by atomic mass is 9.96. The van der Waals surface area contributed by atoms with E-state index < -0.39 is 0 Å². The van der Waals surface area contributed by atoms with Crippen LogP contribution in [-0.2, 0) is 0 Å². The van der Waals surface area contributed by atoms with E-state index in [9.17, 15) is 0 Å². The lowest BCUT2D eigenvalue weighted by Gasteiger charge is -2.22. The Kier molecular flexibility index (Phi) is 6.39. The molecule has 29 heavy (non-hydrogen) atoms. The number of allylic oxidation sites excluding steroid dienone is 2. The molecule has 0 aliphatic rings. The SMILES string of the molecule is Cc1ccc(C(=C/C=C/c2ccc(NC(C)(C)C)cc2)c2ccc(C)cc2)cc1. The molecule has 1 nitrogen and oxygen atoms in total. The normalized spacial score (nSPS) is 11.5. The second kappa shape index (κ2) is 8.96. The van der Waals surface area contributed by atoms with Gasteiger partial charge in [0.2, 0.25) is 0 Å². The molecular weight excluding hydrogens is 350 g/mol. The molecule has 0 spiro atoms. The van der Waals surface area contributed by atoms with Crippen molar-refractivity contribution in [3.8, 4) is 0 Å². The lowest BCUT2D eigenvalue weighted by Crippen LogP contribution is -2.25. The van der Waals surface area contributed by atoms with Crippen molar-refractivity contribution in [3.63, 3.8) is 0 Å². The highest BCUT2D eigenvalue weighted by molar-refractivity contribution is 5.81. The van der Waals surface area contributed by atoms with Crippen molar-refractivity contribution < 1.29 is 0 Å². The van der Waals surface area contributed by atoms with Crippen molar-refractivity contribution in [2.75, 3.05) is 5.32 Å². The quantitative estimate of drug-likeness (QED) is 0.447. The van der Waals surface area contributed by atoms with E-state index in [0.29, 0.717) is 0 Å². The van der Waals surface area contributed by atoms with Gasteiger partial charge < -0.3 is 5.32 Å². The largest absolute Gasteiger partial charge is 0.380 e. The Balaban J connectivity index is 1.86. The Bertz CT molecular complexity index is 933. The van der Waals surface area contributed by atoms with Crippen molar-refractivity contribution in [2.24, 2.45) is 0 Å². The molecule has 0 atom stereocenters. The Morgan fingerprint density at radius 3 is 1.62 bits per heavy atom. The van der Waals surface area contributed by atoms with Gasteiger partial charge in [0.15, 0.2) is 0 Å². The summed E-state index contributed by atoms with van der Waals surface area (Å²) in [4.78, 5) is 0. The summed E-state index contributed by atoms with van der Waals surface area (Å²) in [6.07, 6.45) is 6.50. The molecule has 0 aromatic heterocycles. The maximum Gasteiger partial charge on any atom is 0.0344 e. The fourth-order valence-corrected chi connectivity index (χ4v) is 3.19. The molecule has 3 aromatic carbocycles. The maximum absolute atomic E-state index is 3.50. The average Bonchev–Trinajstić information content (AvgIpc) is 2.67. The summed E-state index contributed by atoms with van der Waals surface area (Å²) in [6, 6.07) is 26.0. The summed E-state index contributed by atoms with van der Waals surface area (Å²) < 4.78 is 0. The highest BCUT2D eigenvalue weighted by Crippen LogP contribution is 2.25. The first kappa shape index (κ1) is 20.7. The van der Waals surface area contributed by atoms with Gasteiger partial charge in [0.05, 0.1) is 0 Å². The second-order valence-corrected chi connectivity index (χ2v) is 8.67. The Hall–Kier alpha value is -3.06. The number of nitrogens with one attached hydrogen (secondary N) is 1. The molecule has 0 bridgehead atoms. The number of hydrogen-bond donors (Lipinski definition) is 1. The third-order valence-electron chi connectivity index (χ3n) is 4.71. The molecule has 0 saturated heterocycles. The predicted molar refractivity (Wildman–Crippen MR) is 128 cm³/mol. The van der Waals surface area contributed by atoms with Crippen molar-refractivity contribution in [1.82, 2.24) is 0 Å². The Morgan fingerprint density at radius 2 is 1.17 bits per heavy atom. The number of aryl methyl sites for hydroxylation is 2. The molecule has 3 rings (SSSR count). The van der Waals surface area contributed by atoms with E-state index in [1.54, 1.807) is 0 Å². The van der Waals surface area contributed by atoms with Crippen LogP contribution >= 0.6 is 0 Å². The smallest absolute Gasteiger partial charge is 0.0344 e. The third-order valence-corrected chi connectivity index (χ3v) is 4.71. The Labute approximate surface area is 175 Å². The molecule has 0 aliphatic heterocycles. The fourth-order valence-electron chi connectivity index (χ4n) is 3.19. The van der Waals surface area contributed by atoms with Crippen LogP contribution in [0.3, 0.4) is 0 Å². The molecular formula is C28H31N. The van der Waals surface area contributed by atoms with E-state index in [1.165, 1.54) is 33.4 Å². The molecule has 0 radical (unpaired) electrons. The van der Waals surface area contributed by atoms with Crippen LogP contribution < -0.4 is 5.32 Å². The van der Waals surface area contributed by atoms with E-state index in [-0.39, 0.29) is 5.54 Å². The first-order valence-corrected chi connectivity index (χ1v) is 10.2. The van der Waals surface area contributed by atoms with Crippen LogP contribution in [0.1, 0.15) is 48.6 Å². The van der Waals surface area contributed by atoms with Crippen molar-refractivity contribution >= 4 is 17.3 Å². The number of rotatable bonds is 5. The van der Waals surface area contributed by atoms with Crippen LogP contribution in [0.4, 0.5) is 5.69 Å². The van der Waals surface area contributed by atoms with E-state index in [2.05, 4.69) is 131 Å². The van der Waals surface area contributed by atoms with E-state index in [0.717, 1.165) is 5.69 Å². The summed E-state index contributed by atoms with van der Waals surface area (Å²) in [6.45, 7) is 10.8. The van der Waals surface area contributed by atoms with Gasteiger partial charge in [-0.2, -0.15) is 0 Å². The summed E-state index contributed by atoms with van der Waals surface area (Å²) in [5.74, 6) is 0. The van der Waals surface area contributed by atoms with Gasteiger partial charge in [-0.1, -0.05) is 90.0 Å². The van der Waals surface area contributed by atoms with Crippen LogP contribution in [0.25, 0.3) is 11.6 Å². The number of hydrogen-bond acceptors (Lipinski definition) is 1. The average molecular weight is 382 g/mol. The molecule has 148 valence electrons. The van der Waals surface area contributed by atoms with Crippen LogP contribution in [0, 0.1) is 13.8 Å². The van der Waals surface area contributed by atoms with Gasteiger partial charge in [-0.05, 0) is 69.0 Å². The maximum atomic E-state index is 3.50. The standard InChI is InChI=1S/C28H31N/c1-21-9-15-24(16-10-21)27(25-17-11-22(2)12-18-25)8-6-7-23-13-19-26(20-14-23)29-28(3,4)5/h6-20,29H,1-5H3/b7-6+. The van der Waals surface area contributed by atoms with E-state index in [1.807, 2.05) is 0 Å². The molecule has 1 N–H and O–H groups in total. The molecule has 0 fully saturated rings. The zero-order chi connectivity index (χ0) is 20.9.